The second-order valence-corrected chi connectivity index (χ2v) is 5.11. The van der Waals surface area contributed by atoms with E-state index in [0.29, 0.717) is 0 Å². The normalized spacial score (nSPS) is 19.7. The van der Waals surface area contributed by atoms with Crippen LogP contribution >= 0.6 is 11.8 Å². The minimum absolute atomic E-state index is 0.158. The van der Waals surface area contributed by atoms with Crippen molar-refractivity contribution >= 4 is 17.7 Å². The van der Waals surface area contributed by atoms with Crippen LogP contribution in [0.5, 0.6) is 0 Å². The highest BCUT2D eigenvalue weighted by molar-refractivity contribution is 7.98. The van der Waals surface area contributed by atoms with Gasteiger partial charge in [-0.2, -0.15) is 11.8 Å². The van der Waals surface area contributed by atoms with Gasteiger partial charge in [0.15, 0.2) is 0 Å². The topological polar surface area (TPSA) is 46.3 Å². The number of carbonyl (C=O) groups excluding carboxylic acids is 1. The molecule has 0 aromatic heterocycles. The maximum absolute atomic E-state index is 11.9. The number of rotatable bonds is 4. The summed E-state index contributed by atoms with van der Waals surface area (Å²) in [5.74, 6) is 1.13. The Labute approximate surface area is 96.8 Å². The molecule has 1 aliphatic rings. The van der Waals surface area contributed by atoms with Crippen LogP contribution in [0.1, 0.15) is 32.1 Å². The van der Waals surface area contributed by atoms with Gasteiger partial charge in [0.05, 0.1) is 6.04 Å². The number of nitrogens with two attached hydrogens (primary N) is 1. The number of nitrogens with zero attached hydrogens (tertiary/aromatic N) is 1. The summed E-state index contributed by atoms with van der Waals surface area (Å²) in [5.41, 5.74) is 5.88. The molecule has 2 N–H and O–H groups in total. The van der Waals surface area contributed by atoms with Gasteiger partial charge in [-0.3, -0.25) is 4.79 Å². The fourth-order valence-electron chi connectivity index (χ4n) is 1.89. The van der Waals surface area contributed by atoms with Gasteiger partial charge < -0.3 is 10.6 Å². The Morgan fingerprint density at radius 1 is 1.33 bits per heavy atom. The number of amides is 1. The largest absolute Gasteiger partial charge is 0.341 e. The summed E-state index contributed by atoms with van der Waals surface area (Å²) in [6.45, 7) is 1.82. The van der Waals surface area contributed by atoms with Crippen molar-refractivity contribution in [1.29, 1.82) is 0 Å². The third-order valence-electron chi connectivity index (χ3n) is 2.87. The first-order valence-corrected chi connectivity index (χ1v) is 7.18. The van der Waals surface area contributed by atoms with Crippen molar-refractivity contribution in [2.45, 2.75) is 38.1 Å². The average molecular weight is 230 g/mol. The third kappa shape index (κ3) is 4.43. The SMILES string of the molecule is CSCC[C@@H](N)C(=O)N1CCCCCC1. The van der Waals surface area contributed by atoms with Gasteiger partial charge in [-0.05, 0) is 31.3 Å². The number of hydrogen-bond acceptors (Lipinski definition) is 3. The molecule has 1 amide bonds. The van der Waals surface area contributed by atoms with Crippen molar-refractivity contribution in [3.63, 3.8) is 0 Å². The second-order valence-electron chi connectivity index (χ2n) is 4.13. The maximum Gasteiger partial charge on any atom is 0.239 e. The molecule has 15 heavy (non-hydrogen) atoms. The Bertz CT molecular complexity index is 191. The van der Waals surface area contributed by atoms with Crippen LogP contribution in [0.3, 0.4) is 0 Å². The Balaban J connectivity index is 2.35. The maximum atomic E-state index is 11.9. The first-order valence-electron chi connectivity index (χ1n) is 5.79. The van der Waals surface area contributed by atoms with Crippen molar-refractivity contribution in [2.24, 2.45) is 5.73 Å². The van der Waals surface area contributed by atoms with E-state index >= 15 is 0 Å². The lowest BCUT2D eigenvalue weighted by Gasteiger charge is -2.23. The van der Waals surface area contributed by atoms with Gasteiger partial charge in [0.2, 0.25) is 5.91 Å². The predicted molar refractivity (Wildman–Crippen MR) is 66.0 cm³/mol. The molecule has 3 nitrogen and oxygen atoms in total. The molecule has 1 fully saturated rings. The lowest BCUT2D eigenvalue weighted by atomic mass is 10.2. The predicted octanol–water partition coefficient (Wildman–Crippen LogP) is 1.47. The monoisotopic (exact) mass is 230 g/mol. The molecular formula is C11H22N2OS. The van der Waals surface area contributed by atoms with Crippen LogP contribution in [0.2, 0.25) is 0 Å². The molecule has 0 saturated carbocycles. The van der Waals surface area contributed by atoms with E-state index in [4.69, 9.17) is 5.73 Å². The van der Waals surface area contributed by atoms with Crippen molar-refractivity contribution in [2.75, 3.05) is 25.1 Å². The summed E-state index contributed by atoms with van der Waals surface area (Å²) in [7, 11) is 0. The van der Waals surface area contributed by atoms with E-state index in [1.165, 1.54) is 12.8 Å². The van der Waals surface area contributed by atoms with Gasteiger partial charge in [-0.15, -0.1) is 0 Å². The van der Waals surface area contributed by atoms with Crippen molar-refractivity contribution in [3.8, 4) is 0 Å². The first kappa shape index (κ1) is 12.8. The number of likely N-dealkylation sites (tertiary alicyclic amines) is 1. The summed E-state index contributed by atoms with van der Waals surface area (Å²) in [6.07, 6.45) is 7.63. The highest BCUT2D eigenvalue weighted by Gasteiger charge is 2.21. The van der Waals surface area contributed by atoms with E-state index in [2.05, 4.69) is 0 Å². The van der Waals surface area contributed by atoms with Crippen LogP contribution < -0.4 is 5.73 Å². The number of thioether (sulfide) groups is 1. The molecule has 0 bridgehead atoms. The molecule has 0 aromatic rings. The number of hydrogen-bond donors (Lipinski definition) is 1. The van der Waals surface area contributed by atoms with Crippen molar-refractivity contribution in [1.82, 2.24) is 4.90 Å². The van der Waals surface area contributed by atoms with Crippen LogP contribution in [0.25, 0.3) is 0 Å². The van der Waals surface area contributed by atoms with Crippen molar-refractivity contribution in [3.05, 3.63) is 0 Å². The quantitative estimate of drug-likeness (QED) is 0.795. The Hall–Kier alpha value is -0.220. The molecule has 1 rings (SSSR count). The minimum atomic E-state index is -0.282. The van der Waals surface area contributed by atoms with Crippen LogP contribution in [0.15, 0.2) is 0 Å². The fourth-order valence-corrected chi connectivity index (χ4v) is 2.38. The zero-order valence-electron chi connectivity index (χ0n) is 9.58. The Morgan fingerprint density at radius 2 is 1.93 bits per heavy atom. The van der Waals surface area contributed by atoms with Gasteiger partial charge in [0.1, 0.15) is 0 Å². The van der Waals surface area contributed by atoms with E-state index in [1.807, 2.05) is 11.2 Å². The average Bonchev–Trinajstić information content (AvgIpc) is 2.53. The zero-order chi connectivity index (χ0) is 11.1. The smallest absolute Gasteiger partial charge is 0.239 e. The van der Waals surface area contributed by atoms with Gasteiger partial charge in [-0.1, -0.05) is 12.8 Å². The van der Waals surface area contributed by atoms with Gasteiger partial charge >= 0.3 is 0 Å². The van der Waals surface area contributed by atoms with E-state index in [0.717, 1.165) is 38.1 Å². The fraction of sp³-hybridized carbons (Fsp3) is 0.909. The molecule has 0 spiro atoms. The summed E-state index contributed by atoms with van der Waals surface area (Å²) >= 11 is 1.75. The minimum Gasteiger partial charge on any atom is -0.341 e. The van der Waals surface area contributed by atoms with Gasteiger partial charge in [-0.25, -0.2) is 0 Å². The second kappa shape index (κ2) is 7.12. The standard InChI is InChI=1S/C11H22N2OS/c1-15-9-6-10(12)11(14)13-7-4-2-3-5-8-13/h10H,2-9,12H2,1H3/t10-/m1/s1. The summed E-state index contributed by atoms with van der Waals surface area (Å²) in [5, 5.41) is 0. The first-order chi connectivity index (χ1) is 7.25. The highest BCUT2D eigenvalue weighted by Crippen LogP contribution is 2.11. The summed E-state index contributed by atoms with van der Waals surface area (Å²) in [4.78, 5) is 13.9. The molecule has 88 valence electrons. The van der Waals surface area contributed by atoms with E-state index < -0.39 is 0 Å². The molecule has 0 radical (unpaired) electrons. The van der Waals surface area contributed by atoms with Crippen LogP contribution in [0.4, 0.5) is 0 Å². The van der Waals surface area contributed by atoms with Gasteiger partial charge in [0, 0.05) is 13.1 Å². The Morgan fingerprint density at radius 3 is 2.47 bits per heavy atom. The molecule has 1 heterocycles. The zero-order valence-corrected chi connectivity index (χ0v) is 10.4. The van der Waals surface area contributed by atoms with Crippen LogP contribution in [0, 0.1) is 0 Å². The van der Waals surface area contributed by atoms with E-state index in [-0.39, 0.29) is 11.9 Å². The van der Waals surface area contributed by atoms with Crippen LogP contribution in [-0.4, -0.2) is 41.9 Å². The number of carbonyl (C=O) groups is 1. The summed E-state index contributed by atoms with van der Waals surface area (Å²) in [6, 6.07) is -0.282. The molecule has 0 unspecified atom stereocenters. The molecule has 4 heteroatoms. The molecule has 1 saturated heterocycles. The Kier molecular flexibility index (Phi) is 6.10. The molecular weight excluding hydrogens is 208 g/mol. The lowest BCUT2D eigenvalue weighted by Crippen LogP contribution is -2.44. The van der Waals surface area contributed by atoms with Crippen LogP contribution in [-0.2, 0) is 4.79 Å². The van der Waals surface area contributed by atoms with E-state index in [9.17, 15) is 4.79 Å². The van der Waals surface area contributed by atoms with E-state index in [1.54, 1.807) is 11.8 Å². The molecule has 0 aliphatic carbocycles. The molecule has 1 atom stereocenters. The van der Waals surface area contributed by atoms with Gasteiger partial charge in [0.25, 0.3) is 0 Å². The lowest BCUT2D eigenvalue weighted by molar-refractivity contribution is -0.132. The van der Waals surface area contributed by atoms with Crippen molar-refractivity contribution < 1.29 is 4.79 Å². The molecule has 1 aliphatic heterocycles. The summed E-state index contributed by atoms with van der Waals surface area (Å²) < 4.78 is 0. The highest BCUT2D eigenvalue weighted by atomic mass is 32.2. The molecule has 0 aromatic carbocycles. The third-order valence-corrected chi connectivity index (χ3v) is 3.51.